The summed E-state index contributed by atoms with van der Waals surface area (Å²) in [6.07, 6.45) is 4.03. The number of carbonyl (C=O) groups is 1. The van der Waals surface area contributed by atoms with Crippen LogP contribution in [0, 0.1) is 0 Å². The van der Waals surface area contributed by atoms with Crippen molar-refractivity contribution >= 4 is 22.6 Å². The molecule has 1 aromatic carbocycles. The summed E-state index contributed by atoms with van der Waals surface area (Å²) in [7, 11) is 1.69. The number of hydrogen-bond acceptors (Lipinski definition) is 3. The minimum Gasteiger partial charge on any atom is -0.383 e. The standard InChI is InChI=1S/C21H34N4O2/c1-5-24(6-2)13-9-10-17(3)22-21(26)23-19-16-25(14-15-27-4)20-12-8-7-11-18(19)20/h7-8,11-12,16-17H,5-6,9-10,13-15H2,1-4H3,(H2,22,23,26). The molecule has 0 bridgehead atoms. The molecule has 2 rings (SSSR count). The maximum absolute atomic E-state index is 12.4. The number of nitrogens with one attached hydrogen (secondary N) is 2. The molecule has 2 N–H and O–H groups in total. The molecule has 0 spiro atoms. The van der Waals surface area contributed by atoms with Gasteiger partial charge in [0.05, 0.1) is 17.8 Å². The Labute approximate surface area is 162 Å². The molecule has 6 nitrogen and oxygen atoms in total. The zero-order chi connectivity index (χ0) is 19.6. The molecule has 0 saturated heterocycles. The smallest absolute Gasteiger partial charge is 0.319 e. The van der Waals surface area contributed by atoms with Gasteiger partial charge in [0.15, 0.2) is 0 Å². The van der Waals surface area contributed by atoms with Crippen LogP contribution in [0.25, 0.3) is 10.9 Å². The van der Waals surface area contributed by atoms with Crippen LogP contribution in [0.4, 0.5) is 10.5 Å². The number of ether oxygens (including phenoxy) is 1. The van der Waals surface area contributed by atoms with Crippen molar-refractivity contribution in [1.82, 2.24) is 14.8 Å². The number of carbonyl (C=O) groups excluding carboxylic acids is 1. The molecule has 0 aliphatic heterocycles. The van der Waals surface area contributed by atoms with E-state index in [1.54, 1.807) is 7.11 Å². The van der Waals surface area contributed by atoms with Crippen molar-refractivity contribution in [2.45, 2.75) is 46.2 Å². The highest BCUT2D eigenvalue weighted by Gasteiger charge is 2.12. The van der Waals surface area contributed by atoms with Gasteiger partial charge in [-0.2, -0.15) is 0 Å². The molecule has 1 unspecified atom stereocenters. The van der Waals surface area contributed by atoms with E-state index in [-0.39, 0.29) is 12.1 Å². The van der Waals surface area contributed by atoms with Crippen molar-refractivity contribution in [3.63, 3.8) is 0 Å². The lowest BCUT2D eigenvalue weighted by Gasteiger charge is -2.19. The molecule has 0 fully saturated rings. The second-order valence-corrected chi connectivity index (χ2v) is 6.91. The predicted octanol–water partition coefficient (Wildman–Crippen LogP) is 3.92. The molecule has 2 aromatic rings. The number of benzene rings is 1. The van der Waals surface area contributed by atoms with E-state index in [1.807, 2.05) is 24.4 Å². The minimum atomic E-state index is -0.153. The minimum absolute atomic E-state index is 0.141. The third kappa shape index (κ3) is 6.26. The van der Waals surface area contributed by atoms with Crippen LogP contribution in [0.5, 0.6) is 0 Å². The highest BCUT2D eigenvalue weighted by Crippen LogP contribution is 2.25. The topological polar surface area (TPSA) is 58.5 Å². The summed E-state index contributed by atoms with van der Waals surface area (Å²) in [6, 6.07) is 8.07. The highest BCUT2D eigenvalue weighted by atomic mass is 16.5. The Kier molecular flexibility index (Phi) is 8.61. The Hall–Kier alpha value is -2.05. The molecule has 1 heterocycles. The zero-order valence-corrected chi connectivity index (χ0v) is 17.1. The molecule has 27 heavy (non-hydrogen) atoms. The van der Waals surface area contributed by atoms with Crippen LogP contribution in [0.3, 0.4) is 0 Å². The predicted molar refractivity (Wildman–Crippen MR) is 112 cm³/mol. The Morgan fingerprint density at radius 1 is 1.26 bits per heavy atom. The van der Waals surface area contributed by atoms with Crippen molar-refractivity contribution < 1.29 is 9.53 Å². The van der Waals surface area contributed by atoms with E-state index in [4.69, 9.17) is 4.74 Å². The van der Waals surface area contributed by atoms with E-state index >= 15 is 0 Å². The van der Waals surface area contributed by atoms with Gasteiger partial charge in [-0.15, -0.1) is 0 Å². The Bertz CT molecular complexity index is 709. The number of hydrogen-bond donors (Lipinski definition) is 2. The van der Waals surface area contributed by atoms with E-state index in [1.165, 1.54) is 0 Å². The van der Waals surface area contributed by atoms with Gasteiger partial charge in [-0.3, -0.25) is 0 Å². The van der Waals surface area contributed by atoms with Crippen molar-refractivity contribution in [2.24, 2.45) is 0 Å². The lowest BCUT2D eigenvalue weighted by Crippen LogP contribution is -2.36. The molecule has 150 valence electrons. The maximum atomic E-state index is 12.4. The van der Waals surface area contributed by atoms with Crippen LogP contribution in [0.1, 0.15) is 33.6 Å². The lowest BCUT2D eigenvalue weighted by molar-refractivity contribution is 0.188. The highest BCUT2D eigenvalue weighted by molar-refractivity contribution is 6.01. The summed E-state index contributed by atoms with van der Waals surface area (Å²) >= 11 is 0. The first-order chi connectivity index (χ1) is 13.1. The van der Waals surface area contributed by atoms with Crippen LogP contribution in [-0.2, 0) is 11.3 Å². The van der Waals surface area contributed by atoms with Crippen molar-refractivity contribution in [1.29, 1.82) is 0 Å². The number of para-hydroxylation sites is 1. The monoisotopic (exact) mass is 374 g/mol. The maximum Gasteiger partial charge on any atom is 0.319 e. The van der Waals surface area contributed by atoms with Gasteiger partial charge >= 0.3 is 6.03 Å². The number of fused-ring (bicyclic) bond motifs is 1. The fourth-order valence-electron chi connectivity index (χ4n) is 3.34. The van der Waals surface area contributed by atoms with E-state index in [0.717, 1.165) is 55.6 Å². The second-order valence-electron chi connectivity index (χ2n) is 6.91. The van der Waals surface area contributed by atoms with Crippen LogP contribution in [0.2, 0.25) is 0 Å². The molecule has 2 amide bonds. The first-order valence-corrected chi connectivity index (χ1v) is 9.95. The van der Waals surface area contributed by atoms with E-state index in [9.17, 15) is 4.79 Å². The van der Waals surface area contributed by atoms with Gasteiger partial charge in [0, 0.05) is 31.3 Å². The van der Waals surface area contributed by atoms with Gasteiger partial charge in [-0.25, -0.2) is 4.79 Å². The first-order valence-electron chi connectivity index (χ1n) is 9.95. The zero-order valence-electron chi connectivity index (χ0n) is 17.1. The van der Waals surface area contributed by atoms with Crippen molar-refractivity contribution in [3.8, 4) is 0 Å². The SMILES string of the molecule is CCN(CC)CCCC(C)NC(=O)Nc1cn(CCOC)c2ccccc12. The molecule has 0 saturated carbocycles. The number of amides is 2. The van der Waals surface area contributed by atoms with Gasteiger partial charge in [-0.05, 0) is 45.5 Å². The van der Waals surface area contributed by atoms with E-state index < -0.39 is 0 Å². The Morgan fingerprint density at radius 3 is 2.70 bits per heavy atom. The Balaban J connectivity index is 1.91. The molecule has 1 atom stereocenters. The molecule has 0 aliphatic rings. The number of methoxy groups -OCH3 is 1. The summed E-state index contributed by atoms with van der Waals surface area (Å²) in [6.45, 7) is 11.0. The number of aromatic nitrogens is 1. The number of nitrogens with zero attached hydrogens (tertiary/aromatic N) is 2. The number of rotatable bonds is 11. The molecule has 0 radical (unpaired) electrons. The van der Waals surface area contributed by atoms with Crippen LogP contribution in [-0.4, -0.2) is 54.9 Å². The summed E-state index contributed by atoms with van der Waals surface area (Å²) in [5.41, 5.74) is 1.92. The van der Waals surface area contributed by atoms with Gasteiger partial charge in [0.2, 0.25) is 0 Å². The average molecular weight is 375 g/mol. The summed E-state index contributed by atoms with van der Waals surface area (Å²) in [4.78, 5) is 14.8. The van der Waals surface area contributed by atoms with Crippen molar-refractivity contribution in [2.75, 3.05) is 38.7 Å². The van der Waals surface area contributed by atoms with Gasteiger partial charge in [0.1, 0.15) is 0 Å². The van der Waals surface area contributed by atoms with Gasteiger partial charge in [0.25, 0.3) is 0 Å². The van der Waals surface area contributed by atoms with Crippen LogP contribution >= 0.6 is 0 Å². The van der Waals surface area contributed by atoms with Crippen molar-refractivity contribution in [3.05, 3.63) is 30.5 Å². The average Bonchev–Trinajstić information content (AvgIpc) is 3.01. The van der Waals surface area contributed by atoms with Crippen LogP contribution in [0.15, 0.2) is 30.5 Å². The number of urea groups is 1. The largest absolute Gasteiger partial charge is 0.383 e. The van der Waals surface area contributed by atoms with Gasteiger partial charge in [-0.1, -0.05) is 32.0 Å². The fourth-order valence-corrected chi connectivity index (χ4v) is 3.34. The van der Waals surface area contributed by atoms with Gasteiger partial charge < -0.3 is 24.8 Å². The summed E-state index contributed by atoms with van der Waals surface area (Å²) < 4.78 is 7.30. The first kappa shape index (κ1) is 21.3. The second kappa shape index (κ2) is 10.9. The molecule has 1 aromatic heterocycles. The fraction of sp³-hybridized carbons (Fsp3) is 0.571. The Morgan fingerprint density at radius 2 is 2.00 bits per heavy atom. The molecular formula is C21H34N4O2. The lowest BCUT2D eigenvalue weighted by atomic mass is 10.2. The third-order valence-electron chi connectivity index (χ3n) is 4.96. The quantitative estimate of drug-likeness (QED) is 0.627. The summed E-state index contributed by atoms with van der Waals surface area (Å²) in [5.74, 6) is 0. The third-order valence-corrected chi connectivity index (χ3v) is 4.96. The van der Waals surface area contributed by atoms with Crippen LogP contribution < -0.4 is 10.6 Å². The molecule has 0 aliphatic carbocycles. The normalized spacial score (nSPS) is 12.5. The van der Waals surface area contributed by atoms with E-state index in [0.29, 0.717) is 6.61 Å². The molecule has 6 heteroatoms. The van der Waals surface area contributed by atoms with E-state index in [2.05, 4.69) is 46.9 Å². The number of anilines is 1. The molecular weight excluding hydrogens is 340 g/mol. The summed E-state index contributed by atoms with van der Waals surface area (Å²) in [5, 5.41) is 7.10.